The first-order valence-electron chi connectivity index (χ1n) is 5.30. The largest absolute Gasteiger partial charge is 0.478 e. The molecule has 0 unspecified atom stereocenters. The van der Waals surface area contributed by atoms with Crippen LogP contribution in [0, 0.1) is 0 Å². The quantitative estimate of drug-likeness (QED) is 0.831. The monoisotopic (exact) mass is 266 g/mol. The highest BCUT2D eigenvalue weighted by Gasteiger charge is 2.13. The van der Waals surface area contributed by atoms with Crippen LogP contribution in [0.4, 0.5) is 11.6 Å². The van der Waals surface area contributed by atoms with Crippen molar-refractivity contribution in [2.45, 2.75) is 13.5 Å². The fourth-order valence-electron chi connectivity index (χ4n) is 1.43. The summed E-state index contributed by atoms with van der Waals surface area (Å²) in [5.41, 5.74) is 0.0467. The van der Waals surface area contributed by atoms with Gasteiger partial charge in [-0.1, -0.05) is 11.6 Å². The first-order chi connectivity index (χ1) is 8.60. The van der Waals surface area contributed by atoms with Gasteiger partial charge in [-0.25, -0.2) is 9.78 Å². The number of aryl methyl sites for hydroxylation is 1. The van der Waals surface area contributed by atoms with Gasteiger partial charge in [-0.2, -0.15) is 5.10 Å². The minimum absolute atomic E-state index is 0.0467. The molecular formula is C11H11ClN4O2. The summed E-state index contributed by atoms with van der Waals surface area (Å²) in [6.45, 7) is 2.69. The van der Waals surface area contributed by atoms with Crippen molar-refractivity contribution in [2.24, 2.45) is 0 Å². The number of aromatic carboxylic acids is 1. The number of rotatable bonds is 4. The van der Waals surface area contributed by atoms with Gasteiger partial charge in [0.05, 0.1) is 0 Å². The maximum Gasteiger partial charge on any atom is 0.339 e. The van der Waals surface area contributed by atoms with Gasteiger partial charge >= 0.3 is 5.97 Å². The molecule has 2 aromatic heterocycles. The lowest BCUT2D eigenvalue weighted by Crippen LogP contribution is -2.05. The minimum Gasteiger partial charge on any atom is -0.478 e. The molecule has 0 bridgehead atoms. The molecule has 0 aliphatic heterocycles. The summed E-state index contributed by atoms with van der Waals surface area (Å²) in [6, 6.07) is 4.56. The molecule has 0 fully saturated rings. The lowest BCUT2D eigenvalue weighted by atomic mass is 10.2. The Labute approximate surface area is 108 Å². The minimum atomic E-state index is -1.07. The van der Waals surface area contributed by atoms with Crippen molar-refractivity contribution in [3.63, 3.8) is 0 Å². The Morgan fingerprint density at radius 1 is 1.50 bits per heavy atom. The van der Waals surface area contributed by atoms with Crippen molar-refractivity contribution in [1.82, 2.24) is 14.8 Å². The average molecular weight is 267 g/mol. The lowest BCUT2D eigenvalue weighted by Gasteiger charge is -2.06. The van der Waals surface area contributed by atoms with Crippen LogP contribution in [-0.2, 0) is 6.54 Å². The molecule has 0 saturated heterocycles. The Hall–Kier alpha value is -2.08. The van der Waals surface area contributed by atoms with E-state index < -0.39 is 5.97 Å². The SMILES string of the molecule is CCn1ccc(Nc2nc(Cl)ccc2C(=O)O)n1. The van der Waals surface area contributed by atoms with E-state index >= 15 is 0 Å². The smallest absolute Gasteiger partial charge is 0.339 e. The zero-order valence-electron chi connectivity index (χ0n) is 9.59. The molecule has 0 spiro atoms. The van der Waals surface area contributed by atoms with Crippen LogP contribution in [0.2, 0.25) is 5.15 Å². The van der Waals surface area contributed by atoms with Crippen LogP contribution in [0.3, 0.4) is 0 Å². The number of hydrogen-bond acceptors (Lipinski definition) is 4. The van der Waals surface area contributed by atoms with E-state index in [1.165, 1.54) is 12.1 Å². The normalized spacial score (nSPS) is 10.3. The Morgan fingerprint density at radius 3 is 2.89 bits per heavy atom. The van der Waals surface area contributed by atoms with E-state index in [1.54, 1.807) is 16.9 Å². The molecule has 0 saturated carbocycles. The number of aromatic nitrogens is 3. The fourth-order valence-corrected chi connectivity index (χ4v) is 1.58. The third-order valence-electron chi connectivity index (χ3n) is 2.30. The molecule has 18 heavy (non-hydrogen) atoms. The van der Waals surface area contributed by atoms with Gasteiger partial charge in [-0.05, 0) is 19.1 Å². The van der Waals surface area contributed by atoms with Crippen LogP contribution in [-0.4, -0.2) is 25.8 Å². The van der Waals surface area contributed by atoms with Gasteiger partial charge in [-0.3, -0.25) is 4.68 Å². The molecule has 94 valence electrons. The van der Waals surface area contributed by atoms with Crippen molar-refractivity contribution >= 4 is 29.2 Å². The number of hydrogen-bond donors (Lipinski definition) is 2. The highest BCUT2D eigenvalue weighted by molar-refractivity contribution is 6.29. The second-order valence-electron chi connectivity index (χ2n) is 3.52. The van der Waals surface area contributed by atoms with Crippen LogP contribution in [0.1, 0.15) is 17.3 Å². The number of carbonyl (C=O) groups is 1. The highest BCUT2D eigenvalue weighted by Crippen LogP contribution is 2.20. The molecule has 7 heteroatoms. The predicted octanol–water partition coefficient (Wildman–Crippen LogP) is 2.39. The topological polar surface area (TPSA) is 80.0 Å². The maximum atomic E-state index is 11.0. The van der Waals surface area contributed by atoms with Crippen LogP contribution >= 0.6 is 11.6 Å². The molecule has 2 N–H and O–H groups in total. The van der Waals surface area contributed by atoms with Crippen molar-refractivity contribution < 1.29 is 9.90 Å². The van der Waals surface area contributed by atoms with E-state index in [0.717, 1.165) is 6.54 Å². The average Bonchev–Trinajstić information content (AvgIpc) is 2.76. The Kier molecular flexibility index (Phi) is 3.47. The third kappa shape index (κ3) is 2.60. The standard InChI is InChI=1S/C11H11ClN4O2/c1-2-16-6-5-9(15-16)14-10-7(11(17)18)3-4-8(12)13-10/h3-6H,2H2,1H3,(H,17,18)(H,13,14,15). The molecule has 2 rings (SSSR count). The van der Waals surface area contributed by atoms with Crippen molar-refractivity contribution in [2.75, 3.05) is 5.32 Å². The first-order valence-corrected chi connectivity index (χ1v) is 5.68. The van der Waals surface area contributed by atoms with E-state index in [9.17, 15) is 4.79 Å². The molecule has 2 heterocycles. The number of halogens is 1. The second kappa shape index (κ2) is 5.05. The van der Waals surface area contributed by atoms with Crippen LogP contribution < -0.4 is 5.32 Å². The van der Waals surface area contributed by atoms with E-state index in [1.807, 2.05) is 6.92 Å². The zero-order valence-corrected chi connectivity index (χ0v) is 10.3. The number of anilines is 2. The molecule has 0 amide bonds. The lowest BCUT2D eigenvalue weighted by molar-refractivity contribution is 0.0697. The predicted molar refractivity (Wildman–Crippen MR) is 67.4 cm³/mol. The van der Waals surface area contributed by atoms with E-state index in [0.29, 0.717) is 5.82 Å². The van der Waals surface area contributed by atoms with Crippen molar-refractivity contribution in [3.8, 4) is 0 Å². The summed E-state index contributed by atoms with van der Waals surface area (Å²) < 4.78 is 1.72. The van der Waals surface area contributed by atoms with Gasteiger partial charge in [0.1, 0.15) is 16.5 Å². The number of nitrogens with one attached hydrogen (secondary N) is 1. The van der Waals surface area contributed by atoms with Crippen LogP contribution in [0.5, 0.6) is 0 Å². The summed E-state index contributed by atoms with van der Waals surface area (Å²) in [4.78, 5) is 15.0. The summed E-state index contributed by atoms with van der Waals surface area (Å²) in [5, 5.41) is 16.3. The van der Waals surface area contributed by atoms with E-state index in [2.05, 4.69) is 15.4 Å². The molecule has 0 atom stereocenters. The van der Waals surface area contributed by atoms with E-state index in [-0.39, 0.29) is 16.5 Å². The van der Waals surface area contributed by atoms with Gasteiger partial charge < -0.3 is 10.4 Å². The van der Waals surface area contributed by atoms with E-state index in [4.69, 9.17) is 16.7 Å². The molecule has 0 aromatic carbocycles. The maximum absolute atomic E-state index is 11.0. The third-order valence-corrected chi connectivity index (χ3v) is 2.51. The number of nitrogens with zero attached hydrogens (tertiary/aromatic N) is 3. The van der Waals surface area contributed by atoms with Gasteiger partial charge in [0, 0.05) is 18.8 Å². The van der Waals surface area contributed by atoms with Gasteiger partial charge in [-0.15, -0.1) is 0 Å². The highest BCUT2D eigenvalue weighted by atomic mass is 35.5. The Balaban J connectivity index is 2.32. The summed E-state index contributed by atoms with van der Waals surface area (Å²) in [6.07, 6.45) is 1.79. The molecule has 6 nitrogen and oxygen atoms in total. The summed E-state index contributed by atoms with van der Waals surface area (Å²) >= 11 is 5.75. The Morgan fingerprint density at radius 2 is 2.28 bits per heavy atom. The molecule has 2 aromatic rings. The summed E-state index contributed by atoms with van der Waals surface area (Å²) in [7, 11) is 0. The van der Waals surface area contributed by atoms with Crippen LogP contribution in [0.25, 0.3) is 0 Å². The number of pyridine rings is 1. The zero-order chi connectivity index (χ0) is 13.1. The van der Waals surface area contributed by atoms with Gasteiger partial charge in [0.25, 0.3) is 0 Å². The first kappa shape index (κ1) is 12.4. The molecular weight excluding hydrogens is 256 g/mol. The van der Waals surface area contributed by atoms with Crippen molar-refractivity contribution in [1.29, 1.82) is 0 Å². The van der Waals surface area contributed by atoms with Crippen LogP contribution in [0.15, 0.2) is 24.4 Å². The fraction of sp³-hybridized carbons (Fsp3) is 0.182. The van der Waals surface area contributed by atoms with Gasteiger partial charge in [0.15, 0.2) is 5.82 Å². The van der Waals surface area contributed by atoms with Crippen molar-refractivity contribution in [3.05, 3.63) is 35.1 Å². The molecule has 0 aliphatic carbocycles. The number of carboxylic acid groups (broad SMARTS) is 1. The Bertz CT molecular complexity index is 582. The molecule has 0 aliphatic rings. The molecule has 0 radical (unpaired) electrons. The number of carboxylic acids is 1. The second-order valence-corrected chi connectivity index (χ2v) is 3.90. The summed E-state index contributed by atoms with van der Waals surface area (Å²) in [5.74, 6) is -0.373. The van der Waals surface area contributed by atoms with Gasteiger partial charge in [0.2, 0.25) is 0 Å².